The van der Waals surface area contributed by atoms with Gasteiger partial charge in [0.2, 0.25) is 0 Å². The molecule has 0 N–H and O–H groups in total. The van der Waals surface area contributed by atoms with Gasteiger partial charge >= 0.3 is 0 Å². The molecule has 1 aliphatic carbocycles. The van der Waals surface area contributed by atoms with Crippen LogP contribution in [0.5, 0.6) is 0 Å². The van der Waals surface area contributed by atoms with E-state index in [9.17, 15) is 9.18 Å². The summed E-state index contributed by atoms with van der Waals surface area (Å²) in [5.41, 5.74) is 2.12. The van der Waals surface area contributed by atoms with Gasteiger partial charge in [-0.2, -0.15) is 0 Å². The predicted molar refractivity (Wildman–Crippen MR) is 110 cm³/mol. The molecule has 2 fully saturated rings. The molecule has 2 aromatic rings. The van der Waals surface area contributed by atoms with Crippen LogP contribution in [0, 0.1) is 16.6 Å². The van der Waals surface area contributed by atoms with Gasteiger partial charge in [-0.15, -0.1) is 0 Å². The summed E-state index contributed by atoms with van der Waals surface area (Å²) >= 11 is 0. The van der Waals surface area contributed by atoms with Gasteiger partial charge < -0.3 is 9.47 Å². The Kier molecular flexibility index (Phi) is 4.17. The van der Waals surface area contributed by atoms with Crippen LogP contribution >= 0.6 is 0 Å². The van der Waals surface area contributed by atoms with E-state index in [1.54, 1.807) is 12.1 Å². The van der Waals surface area contributed by atoms with Crippen LogP contribution in [0.1, 0.15) is 74.2 Å². The lowest BCUT2D eigenvalue weighted by Gasteiger charge is -2.39. The number of fused-ring (bicyclic) bond motifs is 3. The average molecular weight is 396 g/mol. The molecule has 1 amide bonds. The maximum Gasteiger partial charge on any atom is 0.274 e. The number of hydrogen-bond donors (Lipinski definition) is 0. The minimum absolute atomic E-state index is 0.0839. The zero-order valence-electron chi connectivity index (χ0n) is 17.6. The molecule has 3 atom stereocenters. The molecule has 1 aromatic heterocycles. The molecule has 29 heavy (non-hydrogen) atoms. The van der Waals surface area contributed by atoms with Crippen LogP contribution in [0.25, 0.3) is 0 Å². The zero-order valence-corrected chi connectivity index (χ0v) is 17.6. The number of amides is 1. The second-order valence-electron chi connectivity index (χ2n) is 10.6. The molecule has 1 aromatic carbocycles. The Morgan fingerprint density at radius 1 is 1.24 bits per heavy atom. The molecular weight excluding hydrogens is 365 g/mol. The first kappa shape index (κ1) is 18.8. The molecule has 2 aliphatic heterocycles. The Hall–Kier alpha value is -2.17. The Balaban J connectivity index is 1.36. The van der Waals surface area contributed by atoms with Gasteiger partial charge in [0.25, 0.3) is 5.91 Å². The average Bonchev–Trinajstić information content (AvgIpc) is 3.17. The summed E-state index contributed by atoms with van der Waals surface area (Å²) in [4.78, 5) is 20.2. The van der Waals surface area contributed by atoms with Gasteiger partial charge in [-0.1, -0.05) is 32.9 Å². The Bertz CT molecular complexity index is 965. The molecule has 4 nitrogen and oxygen atoms in total. The number of hydrogen-bond acceptors (Lipinski definition) is 2. The Morgan fingerprint density at radius 3 is 2.86 bits per heavy atom. The van der Waals surface area contributed by atoms with E-state index in [1.165, 1.54) is 12.5 Å². The lowest BCUT2D eigenvalue weighted by atomic mass is 9.65. The highest BCUT2D eigenvalue weighted by molar-refractivity contribution is 5.92. The SMILES string of the molecule is CC1(C)C[C@H]2C[C@@](C)(CN2C(=O)c2cn3c(n2)CC[C@H](c2cccc(F)c2)C3)C1. The molecular formula is C24H30FN3O. The number of rotatable bonds is 2. The molecule has 3 heterocycles. The lowest BCUT2D eigenvalue weighted by molar-refractivity contribution is 0.0702. The fourth-order valence-corrected chi connectivity index (χ4v) is 6.42. The molecule has 0 unspecified atom stereocenters. The van der Waals surface area contributed by atoms with Crippen molar-refractivity contribution in [3.05, 3.63) is 53.4 Å². The quantitative estimate of drug-likeness (QED) is 0.733. The van der Waals surface area contributed by atoms with Gasteiger partial charge in [0.15, 0.2) is 0 Å². The van der Waals surface area contributed by atoms with E-state index < -0.39 is 0 Å². The first-order chi connectivity index (χ1) is 13.7. The third-order valence-corrected chi connectivity index (χ3v) is 7.21. The van der Waals surface area contributed by atoms with Crippen molar-refractivity contribution in [1.82, 2.24) is 14.5 Å². The van der Waals surface area contributed by atoms with E-state index in [4.69, 9.17) is 4.98 Å². The number of aromatic nitrogens is 2. The minimum atomic E-state index is -0.189. The highest BCUT2D eigenvalue weighted by Crippen LogP contribution is 2.52. The maximum atomic E-state index is 13.6. The van der Waals surface area contributed by atoms with Crippen LogP contribution in [-0.4, -0.2) is 32.9 Å². The number of imidazole rings is 1. The standard InChI is InChI=1S/C24H30FN3O/c1-23(2)10-19-11-24(3,14-23)15-28(19)22(29)20-13-27-12-17(7-8-21(27)26-20)16-5-4-6-18(25)9-16/h4-6,9,13,17,19H,7-8,10-12,14-15H2,1-3H3/t17-,19-,24+/m0/s1. The first-order valence-electron chi connectivity index (χ1n) is 10.8. The Morgan fingerprint density at radius 2 is 2.07 bits per heavy atom. The van der Waals surface area contributed by atoms with E-state index in [0.29, 0.717) is 11.7 Å². The monoisotopic (exact) mass is 395 g/mol. The predicted octanol–water partition coefficient (Wildman–Crippen LogP) is 4.79. The van der Waals surface area contributed by atoms with Crippen molar-refractivity contribution in [3.8, 4) is 0 Å². The smallest absolute Gasteiger partial charge is 0.274 e. The first-order valence-corrected chi connectivity index (χ1v) is 10.8. The summed E-state index contributed by atoms with van der Waals surface area (Å²) in [5.74, 6) is 1.14. The minimum Gasteiger partial charge on any atom is -0.334 e. The summed E-state index contributed by atoms with van der Waals surface area (Å²) in [6.07, 6.45) is 7.05. The summed E-state index contributed by atoms with van der Waals surface area (Å²) in [6.45, 7) is 8.58. The number of aryl methyl sites for hydroxylation is 1. The van der Waals surface area contributed by atoms with Crippen molar-refractivity contribution in [3.63, 3.8) is 0 Å². The van der Waals surface area contributed by atoms with E-state index in [2.05, 4.69) is 30.2 Å². The van der Waals surface area contributed by atoms with Gasteiger partial charge in [-0.05, 0) is 54.2 Å². The Labute approximate surface area is 172 Å². The molecule has 1 saturated carbocycles. The van der Waals surface area contributed by atoms with E-state index in [1.807, 2.05) is 12.3 Å². The summed E-state index contributed by atoms with van der Waals surface area (Å²) < 4.78 is 15.7. The maximum absolute atomic E-state index is 13.6. The molecule has 154 valence electrons. The fourth-order valence-electron chi connectivity index (χ4n) is 6.42. The summed E-state index contributed by atoms with van der Waals surface area (Å²) in [7, 11) is 0. The van der Waals surface area contributed by atoms with Crippen molar-refractivity contribution in [2.75, 3.05) is 6.54 Å². The van der Waals surface area contributed by atoms with Gasteiger partial charge in [0, 0.05) is 37.7 Å². The van der Waals surface area contributed by atoms with Crippen molar-refractivity contribution in [2.24, 2.45) is 10.8 Å². The van der Waals surface area contributed by atoms with Crippen molar-refractivity contribution < 1.29 is 9.18 Å². The van der Waals surface area contributed by atoms with Crippen molar-refractivity contribution in [2.45, 2.75) is 71.4 Å². The van der Waals surface area contributed by atoms with E-state index in [-0.39, 0.29) is 28.5 Å². The normalized spacial score (nSPS) is 30.3. The largest absolute Gasteiger partial charge is 0.334 e. The van der Waals surface area contributed by atoms with E-state index >= 15 is 0 Å². The molecule has 2 bridgehead atoms. The third kappa shape index (κ3) is 3.38. The molecule has 1 saturated heterocycles. The van der Waals surface area contributed by atoms with Crippen LogP contribution in [0.15, 0.2) is 30.5 Å². The topological polar surface area (TPSA) is 38.1 Å². The lowest BCUT2D eigenvalue weighted by Crippen LogP contribution is -2.37. The van der Waals surface area contributed by atoms with Crippen LogP contribution in [-0.2, 0) is 13.0 Å². The van der Waals surface area contributed by atoms with Gasteiger partial charge in [-0.25, -0.2) is 9.37 Å². The molecule has 5 rings (SSSR count). The molecule has 0 radical (unpaired) electrons. The zero-order chi connectivity index (χ0) is 20.4. The highest BCUT2D eigenvalue weighted by Gasteiger charge is 2.51. The summed E-state index contributed by atoms with van der Waals surface area (Å²) in [5, 5.41) is 0. The van der Waals surface area contributed by atoms with Crippen LogP contribution in [0.3, 0.4) is 0 Å². The number of carbonyl (C=O) groups is 1. The van der Waals surface area contributed by atoms with Crippen LogP contribution in [0.2, 0.25) is 0 Å². The number of nitrogens with zero attached hydrogens (tertiary/aromatic N) is 3. The number of halogens is 1. The number of benzene rings is 1. The number of carbonyl (C=O) groups excluding carboxylic acids is 1. The highest BCUT2D eigenvalue weighted by atomic mass is 19.1. The third-order valence-electron chi connectivity index (χ3n) is 7.21. The fraction of sp³-hybridized carbons (Fsp3) is 0.583. The van der Waals surface area contributed by atoms with Gasteiger partial charge in [0.1, 0.15) is 17.3 Å². The number of likely N-dealkylation sites (tertiary alicyclic amines) is 1. The molecule has 3 aliphatic rings. The van der Waals surface area contributed by atoms with E-state index in [0.717, 1.165) is 50.2 Å². The van der Waals surface area contributed by atoms with Crippen molar-refractivity contribution in [1.29, 1.82) is 0 Å². The van der Waals surface area contributed by atoms with Crippen LogP contribution < -0.4 is 0 Å². The van der Waals surface area contributed by atoms with Crippen molar-refractivity contribution >= 4 is 5.91 Å². The van der Waals surface area contributed by atoms with Gasteiger partial charge in [0.05, 0.1) is 0 Å². The molecule has 0 spiro atoms. The second-order valence-corrected chi connectivity index (χ2v) is 10.6. The second kappa shape index (κ2) is 6.41. The van der Waals surface area contributed by atoms with Crippen LogP contribution in [0.4, 0.5) is 4.39 Å². The molecule has 5 heteroatoms. The summed E-state index contributed by atoms with van der Waals surface area (Å²) in [6, 6.07) is 7.21. The van der Waals surface area contributed by atoms with Gasteiger partial charge in [-0.3, -0.25) is 4.79 Å².